The second-order valence-corrected chi connectivity index (χ2v) is 9.09. The molecule has 1 aromatic carbocycles. The van der Waals surface area contributed by atoms with E-state index in [4.69, 9.17) is 19.0 Å². The van der Waals surface area contributed by atoms with Gasteiger partial charge < -0.3 is 18.9 Å². The van der Waals surface area contributed by atoms with Crippen LogP contribution in [0, 0.1) is 0 Å². The normalized spacial score (nSPS) is 18.8. The van der Waals surface area contributed by atoms with Gasteiger partial charge in [0.2, 0.25) is 5.60 Å². The topological polar surface area (TPSA) is 120 Å². The largest absolute Gasteiger partial charge is 0.566 e. The lowest BCUT2D eigenvalue weighted by Gasteiger charge is -2.31. The molecule has 176 valence electrons. The fourth-order valence-electron chi connectivity index (χ4n) is 5.03. The van der Waals surface area contributed by atoms with E-state index in [9.17, 15) is 19.0 Å². The predicted molar refractivity (Wildman–Crippen MR) is 122 cm³/mol. The standard InChI is InChI=1S/C24H23N2O7P/c1-4-6-13-7-8-18-14(9-13)21(31-3)15-11-26-19(20(15)25-18)10-17-16(22(26)27)12-32-23(28)24(17,5-2)33-34(29)30/h7-10H,4-6,11-12H2,1-3H3/t24-/m0/s1. The molecular weight excluding hydrogens is 459 g/mol. The Labute approximate surface area is 196 Å². The average molecular weight is 482 g/mol. The van der Waals surface area contributed by atoms with Gasteiger partial charge in [-0.3, -0.25) is 4.79 Å². The van der Waals surface area contributed by atoms with Gasteiger partial charge in [-0.25, -0.2) is 9.78 Å². The highest BCUT2D eigenvalue weighted by Crippen LogP contribution is 2.45. The molecule has 1 unspecified atom stereocenters. The van der Waals surface area contributed by atoms with Crippen LogP contribution in [0.4, 0.5) is 0 Å². The molecule has 2 aliphatic rings. The molecule has 2 atom stereocenters. The Kier molecular flexibility index (Phi) is 5.51. The Hall–Kier alpha value is -3.13. The third kappa shape index (κ3) is 3.19. The van der Waals surface area contributed by atoms with E-state index in [0.717, 1.165) is 23.8 Å². The van der Waals surface area contributed by atoms with Crippen LogP contribution < -0.4 is 15.2 Å². The third-order valence-electron chi connectivity index (χ3n) is 6.64. The van der Waals surface area contributed by atoms with Crippen molar-refractivity contribution >= 4 is 25.1 Å². The first kappa shape index (κ1) is 22.7. The van der Waals surface area contributed by atoms with Crippen LogP contribution in [0.1, 0.15) is 48.9 Å². The highest BCUT2D eigenvalue weighted by Gasteiger charge is 2.52. The van der Waals surface area contributed by atoms with E-state index in [0.29, 0.717) is 22.7 Å². The first-order valence-corrected chi connectivity index (χ1v) is 12.2. The maximum Gasteiger partial charge on any atom is 0.490 e. The van der Waals surface area contributed by atoms with Crippen molar-refractivity contribution < 1.29 is 28.3 Å². The lowest BCUT2D eigenvalue weighted by Crippen LogP contribution is -2.45. The number of nitrogens with zero attached hydrogens (tertiary/aromatic N) is 2. The average Bonchev–Trinajstić information content (AvgIpc) is 3.18. The molecule has 0 N–H and O–H groups in total. The zero-order valence-corrected chi connectivity index (χ0v) is 19.9. The summed E-state index contributed by atoms with van der Waals surface area (Å²) in [7, 11) is -1.79. The minimum absolute atomic E-state index is 0.0213. The summed E-state index contributed by atoms with van der Waals surface area (Å²) in [6.07, 6.45) is 1.92. The highest BCUT2D eigenvalue weighted by molar-refractivity contribution is 7.30. The number of hydrogen-bond acceptors (Lipinski definition) is 8. The van der Waals surface area contributed by atoms with E-state index in [1.165, 1.54) is 5.56 Å². The number of aryl methyl sites for hydroxylation is 1. The van der Waals surface area contributed by atoms with Gasteiger partial charge in [0.25, 0.3) is 5.56 Å². The summed E-state index contributed by atoms with van der Waals surface area (Å²) in [5.41, 5.74) is 1.80. The van der Waals surface area contributed by atoms with Crippen LogP contribution in [0.5, 0.6) is 5.75 Å². The van der Waals surface area contributed by atoms with Crippen LogP contribution in [0.25, 0.3) is 22.3 Å². The van der Waals surface area contributed by atoms with Crippen molar-refractivity contribution in [3.63, 3.8) is 0 Å². The molecule has 3 aromatic rings. The van der Waals surface area contributed by atoms with Gasteiger partial charge in [-0.2, -0.15) is 0 Å². The van der Waals surface area contributed by atoms with Crippen LogP contribution in [0.15, 0.2) is 29.1 Å². The minimum Gasteiger partial charge on any atom is -0.566 e. The van der Waals surface area contributed by atoms with Crippen molar-refractivity contribution in [2.45, 2.75) is 51.9 Å². The van der Waals surface area contributed by atoms with Crippen LogP contribution in [0.3, 0.4) is 0 Å². The summed E-state index contributed by atoms with van der Waals surface area (Å²) in [4.78, 5) is 42.5. The van der Waals surface area contributed by atoms with Crippen molar-refractivity contribution in [1.29, 1.82) is 0 Å². The van der Waals surface area contributed by atoms with Crippen LogP contribution in [-0.2, 0) is 43.8 Å². The number of aromatic nitrogens is 2. The van der Waals surface area contributed by atoms with Crippen molar-refractivity contribution in [2.24, 2.45) is 0 Å². The zero-order valence-electron chi connectivity index (χ0n) is 19.0. The second kappa shape index (κ2) is 8.27. The molecule has 5 rings (SSSR count). The molecule has 0 amide bonds. The molecule has 0 aliphatic carbocycles. The number of ether oxygens (including phenoxy) is 2. The molecule has 0 fully saturated rings. The van der Waals surface area contributed by atoms with Gasteiger partial charge in [-0.15, -0.1) is 4.52 Å². The molecule has 34 heavy (non-hydrogen) atoms. The Morgan fingerprint density at radius 1 is 1.24 bits per heavy atom. The molecule has 9 nitrogen and oxygen atoms in total. The van der Waals surface area contributed by atoms with Gasteiger partial charge >= 0.3 is 14.2 Å². The van der Waals surface area contributed by atoms with E-state index in [-0.39, 0.29) is 36.3 Å². The predicted octanol–water partition coefficient (Wildman–Crippen LogP) is 3.08. The summed E-state index contributed by atoms with van der Waals surface area (Å²) in [5, 5.41) is 0.867. The molecule has 2 aromatic heterocycles. The number of fused-ring (bicyclic) bond motifs is 5. The summed E-state index contributed by atoms with van der Waals surface area (Å²) < 4.78 is 29.1. The maximum absolute atomic E-state index is 13.5. The molecule has 10 heteroatoms. The highest BCUT2D eigenvalue weighted by atomic mass is 31.1. The fraction of sp³-hybridized carbons (Fsp3) is 0.375. The van der Waals surface area contributed by atoms with Gasteiger partial charge in [-0.1, -0.05) is 26.3 Å². The van der Waals surface area contributed by atoms with E-state index >= 15 is 0 Å². The monoisotopic (exact) mass is 482 g/mol. The zero-order chi connectivity index (χ0) is 24.2. The first-order valence-electron chi connectivity index (χ1n) is 11.1. The van der Waals surface area contributed by atoms with E-state index < -0.39 is 19.8 Å². The Morgan fingerprint density at radius 3 is 2.71 bits per heavy atom. The summed E-state index contributed by atoms with van der Waals surface area (Å²) in [5.74, 6) is -0.191. The molecule has 0 radical (unpaired) electrons. The van der Waals surface area contributed by atoms with Gasteiger partial charge in [0.1, 0.15) is 12.4 Å². The molecule has 0 spiro atoms. The number of methoxy groups -OCH3 is 1. The van der Waals surface area contributed by atoms with E-state index in [1.54, 1.807) is 24.7 Å². The molecule has 0 saturated carbocycles. The number of carbonyl (C=O) groups is 1. The number of hydrogen-bond donors (Lipinski definition) is 0. The number of cyclic esters (lactones) is 1. The SMILES string of the molecule is CCCc1ccc2nc3c(c(OC)c2c1)Cn1c-3cc2c(c1=O)COC(=O)[C@@]2(CC)O[P+](=O)[O-]. The molecule has 2 aliphatic heterocycles. The molecule has 4 heterocycles. The van der Waals surface area contributed by atoms with Crippen molar-refractivity contribution in [3.8, 4) is 17.1 Å². The van der Waals surface area contributed by atoms with Crippen LogP contribution in [0.2, 0.25) is 0 Å². The summed E-state index contributed by atoms with van der Waals surface area (Å²) >= 11 is 0. The first-order chi connectivity index (χ1) is 16.3. The van der Waals surface area contributed by atoms with E-state index in [1.807, 2.05) is 12.1 Å². The molecule has 0 bridgehead atoms. The number of rotatable bonds is 6. The number of pyridine rings is 2. The Balaban J connectivity index is 1.77. The number of carbonyl (C=O) groups excluding carboxylic acids is 1. The smallest absolute Gasteiger partial charge is 0.490 e. The van der Waals surface area contributed by atoms with Gasteiger partial charge in [0, 0.05) is 16.5 Å². The quantitative estimate of drug-likeness (QED) is 0.304. The summed E-state index contributed by atoms with van der Waals surface area (Å²) in [6.45, 7) is 3.71. The number of benzene rings is 1. The minimum atomic E-state index is -3.38. The Morgan fingerprint density at radius 2 is 2.03 bits per heavy atom. The van der Waals surface area contributed by atoms with Crippen LogP contribution in [-0.4, -0.2) is 22.6 Å². The van der Waals surface area contributed by atoms with E-state index in [2.05, 4.69) is 13.0 Å². The van der Waals surface area contributed by atoms with Gasteiger partial charge in [-0.05, 0) is 41.2 Å². The second-order valence-electron chi connectivity index (χ2n) is 8.46. The number of esters is 1. The molecular formula is C24H23N2O7P. The maximum atomic E-state index is 13.5. The van der Waals surface area contributed by atoms with Crippen molar-refractivity contribution in [1.82, 2.24) is 9.55 Å². The molecule has 0 saturated heterocycles. The van der Waals surface area contributed by atoms with Crippen molar-refractivity contribution in [2.75, 3.05) is 7.11 Å². The Bertz CT molecular complexity index is 1430. The third-order valence-corrected chi connectivity index (χ3v) is 7.10. The van der Waals surface area contributed by atoms with Crippen LogP contribution >= 0.6 is 8.25 Å². The fourth-order valence-corrected chi connectivity index (χ4v) is 5.59. The summed E-state index contributed by atoms with van der Waals surface area (Å²) in [6, 6.07) is 7.65. The van der Waals surface area contributed by atoms with Gasteiger partial charge in [0.05, 0.1) is 36.1 Å². The lowest BCUT2D eigenvalue weighted by atomic mass is 9.86. The van der Waals surface area contributed by atoms with Gasteiger partial charge in [0.15, 0.2) is 0 Å². The van der Waals surface area contributed by atoms with Crippen molar-refractivity contribution in [3.05, 3.63) is 56.9 Å². The lowest BCUT2D eigenvalue weighted by molar-refractivity contribution is -0.207.